The van der Waals surface area contributed by atoms with E-state index in [2.05, 4.69) is 24.5 Å². The highest BCUT2D eigenvalue weighted by molar-refractivity contribution is 5.94. The van der Waals surface area contributed by atoms with Crippen LogP contribution >= 0.6 is 0 Å². The van der Waals surface area contributed by atoms with Gasteiger partial charge in [-0.1, -0.05) is 26.3 Å². The van der Waals surface area contributed by atoms with E-state index in [-0.39, 0.29) is 5.91 Å². The summed E-state index contributed by atoms with van der Waals surface area (Å²) in [5, 5.41) is 5.93. The second-order valence-corrected chi connectivity index (χ2v) is 6.90. The van der Waals surface area contributed by atoms with Gasteiger partial charge in [0, 0.05) is 18.7 Å². The summed E-state index contributed by atoms with van der Waals surface area (Å²) in [6.45, 7) is 9.70. The van der Waals surface area contributed by atoms with Crippen molar-refractivity contribution in [3.05, 3.63) is 29.8 Å². The number of hydrogen-bond acceptors (Lipinski definition) is 6. The lowest BCUT2D eigenvalue weighted by molar-refractivity contribution is 0.0148. The van der Waals surface area contributed by atoms with Crippen molar-refractivity contribution in [1.29, 1.82) is 0 Å². The van der Waals surface area contributed by atoms with Gasteiger partial charge in [-0.2, -0.15) is 0 Å². The van der Waals surface area contributed by atoms with E-state index in [0.717, 1.165) is 31.7 Å². The fraction of sp³-hybridized carbons (Fsp3) is 0.682. The molecule has 1 rings (SSSR count). The van der Waals surface area contributed by atoms with Crippen LogP contribution in [0.25, 0.3) is 0 Å². The Labute approximate surface area is 175 Å². The maximum absolute atomic E-state index is 12.2. The molecule has 1 aromatic carbocycles. The number of amides is 1. The van der Waals surface area contributed by atoms with Crippen molar-refractivity contribution in [2.24, 2.45) is 5.92 Å². The molecule has 7 heteroatoms. The van der Waals surface area contributed by atoms with Gasteiger partial charge in [-0.05, 0) is 44.1 Å². The van der Waals surface area contributed by atoms with Gasteiger partial charge in [0.15, 0.2) is 0 Å². The zero-order valence-electron chi connectivity index (χ0n) is 18.2. The molecule has 1 amide bonds. The van der Waals surface area contributed by atoms with E-state index in [0.29, 0.717) is 57.7 Å². The first-order chi connectivity index (χ1) is 14.2. The lowest BCUT2D eigenvalue weighted by atomic mass is 10.1. The first-order valence-corrected chi connectivity index (χ1v) is 10.6. The summed E-state index contributed by atoms with van der Waals surface area (Å²) in [5.74, 6) is 1.08. The van der Waals surface area contributed by atoms with Crippen molar-refractivity contribution < 1.29 is 23.7 Å². The van der Waals surface area contributed by atoms with E-state index >= 15 is 0 Å². The number of carbonyl (C=O) groups is 1. The molecule has 1 atom stereocenters. The normalized spacial score (nSPS) is 12.0. The average molecular weight is 411 g/mol. The van der Waals surface area contributed by atoms with Crippen LogP contribution in [0.1, 0.15) is 37.0 Å². The SMILES string of the molecule is CCC(C)COc1cccc(C(=O)NCCOCCOCCOCCCNC)c1. The highest BCUT2D eigenvalue weighted by Crippen LogP contribution is 2.15. The van der Waals surface area contributed by atoms with Crippen LogP contribution in [0.2, 0.25) is 0 Å². The molecule has 7 nitrogen and oxygen atoms in total. The topological polar surface area (TPSA) is 78.1 Å². The molecule has 0 spiro atoms. The summed E-state index contributed by atoms with van der Waals surface area (Å²) < 4.78 is 22.1. The Morgan fingerprint density at radius 1 is 1.00 bits per heavy atom. The molecule has 0 aromatic heterocycles. The third-order valence-electron chi connectivity index (χ3n) is 4.32. The Bertz CT molecular complexity index is 542. The molecule has 0 saturated heterocycles. The molecule has 0 aliphatic rings. The van der Waals surface area contributed by atoms with E-state index in [4.69, 9.17) is 18.9 Å². The number of rotatable bonds is 18. The highest BCUT2D eigenvalue weighted by atomic mass is 16.5. The Morgan fingerprint density at radius 3 is 2.38 bits per heavy atom. The molecule has 0 bridgehead atoms. The minimum atomic E-state index is -0.130. The molecule has 0 heterocycles. The first-order valence-electron chi connectivity index (χ1n) is 10.6. The Hall–Kier alpha value is -1.67. The first kappa shape index (κ1) is 25.4. The van der Waals surface area contributed by atoms with Crippen LogP contribution in [-0.4, -0.2) is 72.3 Å². The van der Waals surface area contributed by atoms with Gasteiger partial charge in [0.1, 0.15) is 5.75 Å². The van der Waals surface area contributed by atoms with Crippen LogP contribution in [0.4, 0.5) is 0 Å². The fourth-order valence-electron chi connectivity index (χ4n) is 2.32. The average Bonchev–Trinajstić information content (AvgIpc) is 2.75. The Kier molecular flexibility index (Phi) is 15.1. The second kappa shape index (κ2) is 17.2. The van der Waals surface area contributed by atoms with Gasteiger partial charge < -0.3 is 29.6 Å². The van der Waals surface area contributed by atoms with E-state index in [1.807, 2.05) is 19.2 Å². The van der Waals surface area contributed by atoms with Gasteiger partial charge in [0.25, 0.3) is 5.91 Å². The van der Waals surface area contributed by atoms with Crippen molar-refractivity contribution >= 4 is 5.91 Å². The molecule has 0 aliphatic heterocycles. The predicted molar refractivity (Wildman–Crippen MR) is 115 cm³/mol. The minimum absolute atomic E-state index is 0.130. The third kappa shape index (κ3) is 13.2. The number of ether oxygens (including phenoxy) is 4. The Morgan fingerprint density at radius 2 is 1.69 bits per heavy atom. The van der Waals surface area contributed by atoms with Crippen molar-refractivity contribution in [1.82, 2.24) is 10.6 Å². The van der Waals surface area contributed by atoms with Gasteiger partial charge in [-0.3, -0.25) is 4.79 Å². The van der Waals surface area contributed by atoms with Crippen molar-refractivity contribution in [3.8, 4) is 5.75 Å². The van der Waals surface area contributed by atoms with E-state index < -0.39 is 0 Å². The van der Waals surface area contributed by atoms with Gasteiger partial charge in [0.2, 0.25) is 0 Å². The lowest BCUT2D eigenvalue weighted by Gasteiger charge is -2.12. The number of hydrogen-bond donors (Lipinski definition) is 2. The summed E-state index contributed by atoms with van der Waals surface area (Å²) in [5.41, 5.74) is 0.588. The lowest BCUT2D eigenvalue weighted by Crippen LogP contribution is -2.27. The van der Waals surface area contributed by atoms with Crippen LogP contribution in [0.3, 0.4) is 0 Å². The van der Waals surface area contributed by atoms with E-state index in [1.165, 1.54) is 0 Å². The predicted octanol–water partition coefficient (Wildman–Crippen LogP) is 2.50. The smallest absolute Gasteiger partial charge is 0.251 e. The molecule has 0 fully saturated rings. The quantitative estimate of drug-likeness (QED) is 0.362. The zero-order chi connectivity index (χ0) is 21.2. The largest absolute Gasteiger partial charge is 0.493 e. The Balaban J connectivity index is 2.04. The third-order valence-corrected chi connectivity index (χ3v) is 4.32. The maximum atomic E-state index is 12.2. The van der Waals surface area contributed by atoms with Crippen LogP contribution in [0, 0.1) is 5.92 Å². The van der Waals surface area contributed by atoms with Crippen molar-refractivity contribution in [3.63, 3.8) is 0 Å². The number of benzene rings is 1. The molecule has 1 unspecified atom stereocenters. The molecular formula is C22H38N2O5. The molecular weight excluding hydrogens is 372 g/mol. The maximum Gasteiger partial charge on any atom is 0.251 e. The molecule has 2 N–H and O–H groups in total. The fourth-order valence-corrected chi connectivity index (χ4v) is 2.32. The summed E-state index contributed by atoms with van der Waals surface area (Å²) in [6, 6.07) is 7.25. The van der Waals surface area contributed by atoms with Crippen molar-refractivity contribution in [2.75, 3.05) is 66.4 Å². The highest BCUT2D eigenvalue weighted by Gasteiger charge is 2.07. The van der Waals surface area contributed by atoms with Crippen LogP contribution < -0.4 is 15.4 Å². The van der Waals surface area contributed by atoms with Crippen molar-refractivity contribution in [2.45, 2.75) is 26.7 Å². The number of carbonyl (C=O) groups excluding carboxylic acids is 1. The van der Waals surface area contributed by atoms with Gasteiger partial charge >= 0.3 is 0 Å². The van der Waals surface area contributed by atoms with Gasteiger partial charge in [-0.15, -0.1) is 0 Å². The number of nitrogens with one attached hydrogen (secondary N) is 2. The summed E-state index contributed by atoms with van der Waals surface area (Å²) in [4.78, 5) is 12.2. The summed E-state index contributed by atoms with van der Waals surface area (Å²) >= 11 is 0. The second-order valence-electron chi connectivity index (χ2n) is 6.90. The molecule has 0 aliphatic carbocycles. The molecule has 0 saturated carbocycles. The standard InChI is InChI=1S/C22H38N2O5/c1-4-19(2)18-29-21-8-5-7-20(17-21)22(25)24-10-12-27-14-16-28-15-13-26-11-6-9-23-3/h5,7-8,17,19,23H,4,6,9-16,18H2,1-3H3,(H,24,25). The summed E-state index contributed by atoms with van der Waals surface area (Å²) in [7, 11) is 1.93. The van der Waals surface area contributed by atoms with Crippen LogP contribution in [0.5, 0.6) is 5.75 Å². The van der Waals surface area contributed by atoms with Crippen LogP contribution in [0.15, 0.2) is 24.3 Å². The minimum Gasteiger partial charge on any atom is -0.493 e. The summed E-state index contributed by atoms with van der Waals surface area (Å²) in [6.07, 6.45) is 2.07. The monoisotopic (exact) mass is 410 g/mol. The van der Waals surface area contributed by atoms with Gasteiger partial charge in [-0.25, -0.2) is 0 Å². The molecule has 1 aromatic rings. The van der Waals surface area contributed by atoms with E-state index in [1.54, 1.807) is 12.1 Å². The zero-order valence-corrected chi connectivity index (χ0v) is 18.2. The molecule has 166 valence electrons. The van der Waals surface area contributed by atoms with Gasteiger partial charge in [0.05, 0.1) is 39.6 Å². The molecule has 0 radical (unpaired) electrons. The van der Waals surface area contributed by atoms with E-state index in [9.17, 15) is 4.79 Å². The molecule has 29 heavy (non-hydrogen) atoms. The van der Waals surface area contributed by atoms with Crippen LogP contribution in [-0.2, 0) is 14.2 Å².